The minimum absolute atomic E-state index is 0.112. The molecule has 0 atom stereocenters. The molecule has 0 heterocycles. The van der Waals surface area contributed by atoms with Crippen molar-refractivity contribution in [3.05, 3.63) is 23.3 Å². The summed E-state index contributed by atoms with van der Waals surface area (Å²) in [5.41, 5.74) is 2.94. The minimum atomic E-state index is -0.112. The maximum absolute atomic E-state index is 11.9. The summed E-state index contributed by atoms with van der Waals surface area (Å²) in [6.07, 6.45) is 4.61. The average molecular weight is 262 g/mol. The Balaban J connectivity index is 2.02. The number of rotatable bonds is 3. The van der Waals surface area contributed by atoms with E-state index >= 15 is 0 Å². The summed E-state index contributed by atoms with van der Waals surface area (Å²) in [4.78, 5) is 11.9. The van der Waals surface area contributed by atoms with E-state index in [1.54, 1.807) is 7.11 Å². The first kappa shape index (κ1) is 13.7. The van der Waals surface area contributed by atoms with Crippen LogP contribution < -0.4 is 15.4 Å². The van der Waals surface area contributed by atoms with Crippen LogP contribution in [0.5, 0.6) is 5.75 Å². The van der Waals surface area contributed by atoms with Crippen molar-refractivity contribution in [1.82, 2.24) is 5.32 Å². The molecule has 1 aliphatic carbocycles. The second kappa shape index (κ2) is 5.95. The Morgan fingerprint density at radius 1 is 1.21 bits per heavy atom. The van der Waals surface area contributed by atoms with Gasteiger partial charge in [0, 0.05) is 11.7 Å². The first-order valence-corrected chi connectivity index (χ1v) is 6.83. The Hall–Kier alpha value is -1.71. The maximum atomic E-state index is 11.9. The SMILES string of the molecule is COc1ccc(NC(=O)NC2CCCC2)c(C)c1C. The van der Waals surface area contributed by atoms with Gasteiger partial charge in [0.15, 0.2) is 0 Å². The number of anilines is 1. The molecule has 1 aromatic carbocycles. The van der Waals surface area contributed by atoms with Crippen molar-refractivity contribution in [2.75, 3.05) is 12.4 Å². The van der Waals surface area contributed by atoms with Crippen molar-refractivity contribution in [3.63, 3.8) is 0 Å². The van der Waals surface area contributed by atoms with Crippen LogP contribution in [0.25, 0.3) is 0 Å². The monoisotopic (exact) mass is 262 g/mol. The number of carbonyl (C=O) groups is 1. The number of benzene rings is 1. The van der Waals surface area contributed by atoms with Crippen molar-refractivity contribution in [1.29, 1.82) is 0 Å². The van der Waals surface area contributed by atoms with Crippen molar-refractivity contribution in [2.24, 2.45) is 0 Å². The summed E-state index contributed by atoms with van der Waals surface area (Å²) in [5.74, 6) is 0.847. The summed E-state index contributed by atoms with van der Waals surface area (Å²) < 4.78 is 5.27. The number of nitrogens with one attached hydrogen (secondary N) is 2. The van der Waals surface area contributed by atoms with Gasteiger partial charge in [-0.3, -0.25) is 0 Å². The molecule has 104 valence electrons. The number of urea groups is 1. The number of ether oxygens (including phenoxy) is 1. The van der Waals surface area contributed by atoms with Crippen molar-refractivity contribution >= 4 is 11.7 Å². The van der Waals surface area contributed by atoms with Crippen LogP contribution in [-0.2, 0) is 0 Å². The molecule has 0 aliphatic heterocycles. The molecule has 2 rings (SSSR count). The predicted octanol–water partition coefficient (Wildman–Crippen LogP) is 3.38. The van der Waals surface area contributed by atoms with Crippen molar-refractivity contribution < 1.29 is 9.53 Å². The first-order chi connectivity index (χ1) is 9.11. The Kier molecular flexibility index (Phi) is 4.30. The third-order valence-electron chi connectivity index (χ3n) is 3.90. The van der Waals surface area contributed by atoms with Crippen LogP contribution in [0.4, 0.5) is 10.5 Å². The minimum Gasteiger partial charge on any atom is -0.496 e. The highest BCUT2D eigenvalue weighted by atomic mass is 16.5. The van der Waals surface area contributed by atoms with Gasteiger partial charge < -0.3 is 15.4 Å². The van der Waals surface area contributed by atoms with Gasteiger partial charge in [-0.1, -0.05) is 12.8 Å². The van der Waals surface area contributed by atoms with E-state index in [2.05, 4.69) is 10.6 Å². The molecule has 4 heteroatoms. The van der Waals surface area contributed by atoms with E-state index in [-0.39, 0.29) is 6.03 Å². The lowest BCUT2D eigenvalue weighted by atomic mass is 10.1. The standard InChI is InChI=1S/C15H22N2O2/c1-10-11(2)14(19-3)9-8-13(10)17-15(18)16-12-6-4-5-7-12/h8-9,12H,4-7H2,1-3H3,(H2,16,17,18). The molecular weight excluding hydrogens is 240 g/mol. The molecule has 0 unspecified atom stereocenters. The number of hydrogen-bond donors (Lipinski definition) is 2. The molecule has 1 aliphatic rings. The van der Waals surface area contributed by atoms with Crippen LogP contribution in [0.3, 0.4) is 0 Å². The second-order valence-corrected chi connectivity index (χ2v) is 5.15. The zero-order chi connectivity index (χ0) is 13.8. The van der Waals surface area contributed by atoms with Crippen LogP contribution in [0.1, 0.15) is 36.8 Å². The lowest BCUT2D eigenvalue weighted by Crippen LogP contribution is -2.36. The summed E-state index contributed by atoms with van der Waals surface area (Å²) >= 11 is 0. The van der Waals surface area contributed by atoms with Crippen molar-refractivity contribution in [3.8, 4) is 5.75 Å². The zero-order valence-electron chi connectivity index (χ0n) is 11.9. The van der Waals surface area contributed by atoms with Gasteiger partial charge in [-0.2, -0.15) is 0 Å². The lowest BCUT2D eigenvalue weighted by molar-refractivity contribution is 0.248. The van der Waals surface area contributed by atoms with E-state index in [0.29, 0.717) is 6.04 Å². The Bertz CT molecular complexity index is 465. The normalized spacial score (nSPS) is 15.3. The highest BCUT2D eigenvalue weighted by molar-refractivity contribution is 5.90. The smallest absolute Gasteiger partial charge is 0.319 e. The number of hydrogen-bond acceptors (Lipinski definition) is 2. The van der Waals surface area contributed by atoms with Crippen LogP contribution >= 0.6 is 0 Å². The fourth-order valence-electron chi connectivity index (χ4n) is 2.57. The van der Waals surface area contributed by atoms with Gasteiger partial charge in [-0.25, -0.2) is 4.79 Å². The van der Waals surface area contributed by atoms with E-state index in [1.807, 2.05) is 26.0 Å². The van der Waals surface area contributed by atoms with Gasteiger partial charge in [-0.15, -0.1) is 0 Å². The summed E-state index contributed by atoms with van der Waals surface area (Å²) in [7, 11) is 1.65. The quantitative estimate of drug-likeness (QED) is 0.877. The molecule has 2 N–H and O–H groups in total. The van der Waals surface area contributed by atoms with Gasteiger partial charge in [0.05, 0.1) is 7.11 Å². The summed E-state index contributed by atoms with van der Waals surface area (Å²) in [5, 5.41) is 5.94. The average Bonchev–Trinajstić information content (AvgIpc) is 2.88. The molecule has 0 bridgehead atoms. The van der Waals surface area contributed by atoms with Crippen LogP contribution in [-0.4, -0.2) is 19.2 Å². The van der Waals surface area contributed by atoms with Crippen LogP contribution in [0, 0.1) is 13.8 Å². The number of carbonyl (C=O) groups excluding carboxylic acids is 1. The summed E-state index contributed by atoms with van der Waals surface area (Å²) in [6.45, 7) is 3.98. The van der Waals surface area contributed by atoms with Crippen LogP contribution in [0.2, 0.25) is 0 Å². The molecule has 1 fully saturated rings. The largest absolute Gasteiger partial charge is 0.496 e. The molecule has 2 amide bonds. The third kappa shape index (κ3) is 3.19. The Morgan fingerprint density at radius 3 is 2.53 bits per heavy atom. The highest BCUT2D eigenvalue weighted by Crippen LogP contribution is 2.27. The molecule has 1 aromatic rings. The molecule has 0 radical (unpaired) electrons. The molecule has 1 saturated carbocycles. The lowest BCUT2D eigenvalue weighted by Gasteiger charge is -2.16. The number of amides is 2. The van der Waals surface area contributed by atoms with E-state index in [1.165, 1.54) is 12.8 Å². The fraction of sp³-hybridized carbons (Fsp3) is 0.533. The highest BCUT2D eigenvalue weighted by Gasteiger charge is 2.17. The zero-order valence-corrected chi connectivity index (χ0v) is 11.9. The van der Waals surface area contributed by atoms with Crippen molar-refractivity contribution in [2.45, 2.75) is 45.6 Å². The Labute approximate surface area is 114 Å². The molecule has 0 spiro atoms. The first-order valence-electron chi connectivity index (χ1n) is 6.83. The molecule has 4 nitrogen and oxygen atoms in total. The summed E-state index contributed by atoms with van der Waals surface area (Å²) in [6, 6.07) is 3.99. The van der Waals surface area contributed by atoms with E-state index in [4.69, 9.17) is 4.74 Å². The van der Waals surface area contributed by atoms with Crippen LogP contribution in [0.15, 0.2) is 12.1 Å². The Morgan fingerprint density at radius 2 is 1.89 bits per heavy atom. The maximum Gasteiger partial charge on any atom is 0.319 e. The van der Waals surface area contributed by atoms with E-state index in [0.717, 1.165) is 35.4 Å². The predicted molar refractivity (Wildman–Crippen MR) is 76.9 cm³/mol. The van der Waals surface area contributed by atoms with Gasteiger partial charge in [0.1, 0.15) is 5.75 Å². The van der Waals surface area contributed by atoms with Gasteiger partial charge in [0.25, 0.3) is 0 Å². The topological polar surface area (TPSA) is 50.4 Å². The molecule has 19 heavy (non-hydrogen) atoms. The molecule has 0 aromatic heterocycles. The molecule has 0 saturated heterocycles. The van der Waals surface area contributed by atoms with E-state index < -0.39 is 0 Å². The second-order valence-electron chi connectivity index (χ2n) is 5.15. The number of methoxy groups -OCH3 is 1. The fourth-order valence-corrected chi connectivity index (χ4v) is 2.57. The van der Waals surface area contributed by atoms with Gasteiger partial charge in [-0.05, 0) is 49.9 Å². The van der Waals surface area contributed by atoms with E-state index in [9.17, 15) is 4.79 Å². The third-order valence-corrected chi connectivity index (χ3v) is 3.90. The van der Waals surface area contributed by atoms with Gasteiger partial charge in [0.2, 0.25) is 0 Å². The molecular formula is C15H22N2O2. The van der Waals surface area contributed by atoms with Gasteiger partial charge >= 0.3 is 6.03 Å².